The molecule has 1 amide bonds. The molecule has 0 aliphatic heterocycles. The second-order valence-electron chi connectivity index (χ2n) is 7.15. The summed E-state index contributed by atoms with van der Waals surface area (Å²) in [5.41, 5.74) is 9.66. The van der Waals surface area contributed by atoms with Gasteiger partial charge in [0, 0.05) is 10.9 Å². The molecular weight excluding hydrogens is 429 g/mol. The number of anilines is 2. The largest absolute Gasteiger partial charge is 0.397 e. The smallest absolute Gasteiger partial charge is 0.302 e. The Morgan fingerprint density at radius 1 is 1.12 bits per heavy atom. The van der Waals surface area contributed by atoms with Crippen LogP contribution in [0.4, 0.5) is 16.0 Å². The summed E-state index contributed by atoms with van der Waals surface area (Å²) in [6, 6.07) is 17.8. The predicted octanol–water partition coefficient (Wildman–Crippen LogP) is 4.42. The number of thiophene rings is 1. The number of nitrogens with two attached hydrogens (primary N) is 1. The highest BCUT2D eigenvalue weighted by Crippen LogP contribution is 2.41. The monoisotopic (exact) mass is 446 g/mol. The fourth-order valence-electron chi connectivity index (χ4n) is 3.48. The molecule has 0 spiro atoms. The average Bonchev–Trinajstić information content (AvgIpc) is 3.36. The summed E-state index contributed by atoms with van der Waals surface area (Å²) in [5.74, 6) is -0.606. The second kappa shape index (κ2) is 7.86. The van der Waals surface area contributed by atoms with E-state index in [1.54, 1.807) is 19.2 Å². The van der Waals surface area contributed by atoms with Gasteiger partial charge in [0.25, 0.3) is 12.1 Å². The third kappa shape index (κ3) is 3.58. The zero-order valence-electron chi connectivity index (χ0n) is 16.9. The Balaban J connectivity index is 1.70. The molecule has 3 aromatic heterocycles. The van der Waals surface area contributed by atoms with Crippen LogP contribution in [0, 0.1) is 5.82 Å². The molecular formula is C23H17FN5O2S+. The van der Waals surface area contributed by atoms with Crippen molar-refractivity contribution in [3.63, 3.8) is 0 Å². The molecule has 9 heteroatoms. The molecule has 5 rings (SSSR count). The number of carbonyl (C=O) groups is 1. The van der Waals surface area contributed by atoms with Gasteiger partial charge in [-0.3, -0.25) is 14.6 Å². The van der Waals surface area contributed by atoms with Gasteiger partial charge in [0.05, 0.1) is 11.4 Å². The number of nitrogen functional groups attached to an aromatic ring is 1. The number of aryl methyl sites for hydroxylation is 1. The number of nitrogens with zero attached hydrogens (tertiary/aromatic N) is 3. The molecule has 0 radical (unpaired) electrons. The van der Waals surface area contributed by atoms with Crippen molar-refractivity contribution in [2.75, 3.05) is 11.1 Å². The van der Waals surface area contributed by atoms with E-state index < -0.39 is 5.91 Å². The highest BCUT2D eigenvalue weighted by atomic mass is 32.1. The van der Waals surface area contributed by atoms with Crippen LogP contribution in [0.3, 0.4) is 0 Å². The van der Waals surface area contributed by atoms with Crippen LogP contribution in [0.15, 0.2) is 71.4 Å². The lowest BCUT2D eigenvalue weighted by Crippen LogP contribution is -2.28. The van der Waals surface area contributed by atoms with Crippen LogP contribution in [0.2, 0.25) is 0 Å². The average molecular weight is 446 g/mol. The Morgan fingerprint density at radius 2 is 1.91 bits per heavy atom. The van der Waals surface area contributed by atoms with E-state index in [1.165, 1.54) is 34.3 Å². The van der Waals surface area contributed by atoms with Crippen molar-refractivity contribution >= 4 is 39.0 Å². The van der Waals surface area contributed by atoms with Crippen molar-refractivity contribution in [2.24, 2.45) is 7.05 Å². The minimum atomic E-state index is -0.436. The van der Waals surface area contributed by atoms with Crippen molar-refractivity contribution in [3.05, 3.63) is 77.6 Å². The first kappa shape index (κ1) is 19.8. The van der Waals surface area contributed by atoms with E-state index in [0.29, 0.717) is 27.0 Å². The van der Waals surface area contributed by atoms with Gasteiger partial charge in [0.2, 0.25) is 0 Å². The highest BCUT2D eigenvalue weighted by molar-refractivity contribution is 7.21. The minimum absolute atomic E-state index is 0.192. The maximum absolute atomic E-state index is 14.0. The van der Waals surface area contributed by atoms with Gasteiger partial charge in [0.15, 0.2) is 12.3 Å². The number of nitrogens with one attached hydrogen (secondary N) is 1. The van der Waals surface area contributed by atoms with Gasteiger partial charge >= 0.3 is 5.88 Å². The Bertz CT molecular complexity index is 1460. The molecule has 0 aliphatic rings. The first-order valence-corrected chi connectivity index (χ1v) is 10.5. The zero-order chi connectivity index (χ0) is 22.2. The van der Waals surface area contributed by atoms with E-state index in [-0.39, 0.29) is 22.3 Å². The molecule has 0 unspecified atom stereocenters. The third-order valence-corrected chi connectivity index (χ3v) is 6.02. The highest BCUT2D eigenvalue weighted by Gasteiger charge is 2.23. The van der Waals surface area contributed by atoms with Crippen molar-refractivity contribution < 1.29 is 18.4 Å². The molecule has 32 heavy (non-hydrogen) atoms. The molecule has 0 saturated heterocycles. The summed E-state index contributed by atoms with van der Waals surface area (Å²) in [7, 11) is 1.67. The number of hydrogen-bond acceptors (Lipinski definition) is 6. The maximum Gasteiger partial charge on any atom is 0.302 e. The van der Waals surface area contributed by atoms with E-state index in [2.05, 4.69) is 10.6 Å². The van der Waals surface area contributed by atoms with E-state index in [4.69, 9.17) is 15.2 Å². The number of hydrogen-bond donors (Lipinski definition) is 2. The van der Waals surface area contributed by atoms with Crippen LogP contribution in [0.25, 0.3) is 32.6 Å². The molecule has 0 aliphatic carbocycles. The van der Waals surface area contributed by atoms with Crippen molar-refractivity contribution in [3.8, 4) is 22.4 Å². The van der Waals surface area contributed by atoms with Crippen LogP contribution in [-0.4, -0.2) is 16.2 Å². The SMILES string of the molecule is C[n+]1cc(NC(=O)c2sc3nc(-c4ccccc4)cc(-c4cccc(F)c4)c3c2N)on1. The Labute approximate surface area is 185 Å². The van der Waals surface area contributed by atoms with Crippen LogP contribution < -0.4 is 15.7 Å². The van der Waals surface area contributed by atoms with E-state index in [1.807, 2.05) is 36.4 Å². The first-order chi connectivity index (χ1) is 15.5. The summed E-state index contributed by atoms with van der Waals surface area (Å²) >= 11 is 1.17. The molecule has 5 aromatic rings. The zero-order valence-corrected chi connectivity index (χ0v) is 17.7. The molecule has 0 saturated carbocycles. The summed E-state index contributed by atoms with van der Waals surface area (Å²) in [6.45, 7) is 0. The lowest BCUT2D eigenvalue weighted by Gasteiger charge is -2.09. The molecule has 3 N–H and O–H groups in total. The number of aromatic nitrogens is 3. The number of pyridine rings is 1. The quantitative estimate of drug-likeness (QED) is 0.399. The summed E-state index contributed by atoms with van der Waals surface area (Å²) in [5, 5.41) is 6.94. The van der Waals surface area contributed by atoms with E-state index in [9.17, 15) is 9.18 Å². The topological polar surface area (TPSA) is 97.9 Å². The van der Waals surface area contributed by atoms with Gasteiger partial charge in [-0.1, -0.05) is 47.1 Å². The van der Waals surface area contributed by atoms with Crippen LogP contribution >= 0.6 is 11.3 Å². The minimum Gasteiger partial charge on any atom is -0.397 e. The van der Waals surface area contributed by atoms with Gasteiger partial charge in [0.1, 0.15) is 15.5 Å². The Hall–Kier alpha value is -4.11. The van der Waals surface area contributed by atoms with Crippen molar-refractivity contribution in [1.29, 1.82) is 0 Å². The van der Waals surface area contributed by atoms with Gasteiger partial charge in [-0.15, -0.1) is 11.3 Å². The number of fused-ring (bicyclic) bond motifs is 1. The van der Waals surface area contributed by atoms with Crippen LogP contribution in [-0.2, 0) is 7.05 Å². The Kier molecular flexibility index (Phi) is 4.87. The van der Waals surface area contributed by atoms with Gasteiger partial charge < -0.3 is 5.73 Å². The third-order valence-electron chi connectivity index (χ3n) is 4.92. The number of rotatable bonds is 4. The second-order valence-corrected chi connectivity index (χ2v) is 8.15. The number of amides is 1. The molecule has 0 atom stereocenters. The fraction of sp³-hybridized carbons (Fsp3) is 0.0435. The maximum atomic E-state index is 14.0. The first-order valence-electron chi connectivity index (χ1n) is 9.68. The normalized spacial score (nSPS) is 11.1. The lowest BCUT2D eigenvalue weighted by atomic mass is 9.99. The summed E-state index contributed by atoms with van der Waals surface area (Å²) in [4.78, 5) is 18.5. The van der Waals surface area contributed by atoms with Crippen LogP contribution in [0.5, 0.6) is 0 Å². The molecule has 3 heterocycles. The molecule has 7 nitrogen and oxygen atoms in total. The Morgan fingerprint density at radius 3 is 2.62 bits per heavy atom. The summed E-state index contributed by atoms with van der Waals surface area (Å²) < 4.78 is 20.5. The number of halogens is 1. The standard InChI is InChI=1S/C23H16FN5O2S/c1-29-12-18(31-28-29)27-22(30)21-20(25)19-16(14-8-5-9-15(24)10-14)11-17(26-23(19)32-21)13-6-3-2-4-7-13/h2-12H,1H3,(H2-,25,27,28,30)/p+1. The van der Waals surface area contributed by atoms with Crippen molar-refractivity contribution in [2.45, 2.75) is 0 Å². The van der Waals surface area contributed by atoms with Gasteiger partial charge in [-0.2, -0.15) is 0 Å². The fourth-order valence-corrected chi connectivity index (χ4v) is 4.49. The predicted molar refractivity (Wildman–Crippen MR) is 120 cm³/mol. The molecule has 0 bridgehead atoms. The molecule has 2 aromatic carbocycles. The molecule has 0 fully saturated rings. The molecule has 158 valence electrons. The summed E-state index contributed by atoms with van der Waals surface area (Å²) in [6.07, 6.45) is 1.53. The number of benzene rings is 2. The van der Waals surface area contributed by atoms with E-state index >= 15 is 0 Å². The lowest BCUT2D eigenvalue weighted by molar-refractivity contribution is -0.739. The van der Waals surface area contributed by atoms with Crippen LogP contribution in [0.1, 0.15) is 9.67 Å². The van der Waals surface area contributed by atoms with E-state index in [0.717, 1.165) is 5.56 Å². The van der Waals surface area contributed by atoms with Crippen molar-refractivity contribution in [1.82, 2.24) is 10.3 Å². The van der Waals surface area contributed by atoms with Gasteiger partial charge in [-0.25, -0.2) is 9.37 Å². The van der Waals surface area contributed by atoms with Gasteiger partial charge in [-0.05, 0) is 29.3 Å². The number of carbonyl (C=O) groups excluding carboxylic acids is 1.